The van der Waals surface area contributed by atoms with E-state index in [2.05, 4.69) is 17.2 Å². The smallest absolute Gasteiger partial charge is 0.257 e. The molecule has 0 unspecified atom stereocenters. The summed E-state index contributed by atoms with van der Waals surface area (Å²) in [5.74, 6) is 0.693. The summed E-state index contributed by atoms with van der Waals surface area (Å²) in [5.41, 5.74) is 3.72. The van der Waals surface area contributed by atoms with Gasteiger partial charge in [0.1, 0.15) is 0 Å². The summed E-state index contributed by atoms with van der Waals surface area (Å²) < 4.78 is 1.77. The summed E-state index contributed by atoms with van der Waals surface area (Å²) in [4.78, 5) is 29.6. The average molecular weight is 388 g/mol. The van der Waals surface area contributed by atoms with Gasteiger partial charge in [-0.05, 0) is 24.1 Å². The minimum Gasteiger partial charge on any atom is -0.338 e. The van der Waals surface area contributed by atoms with Crippen molar-refractivity contribution in [1.82, 2.24) is 19.4 Å². The Bertz CT molecular complexity index is 1090. The highest BCUT2D eigenvalue weighted by Gasteiger charge is 2.49. The zero-order valence-corrected chi connectivity index (χ0v) is 16.7. The van der Waals surface area contributed by atoms with Gasteiger partial charge in [0.2, 0.25) is 5.91 Å². The van der Waals surface area contributed by atoms with Crippen LogP contribution in [0.2, 0.25) is 0 Å². The van der Waals surface area contributed by atoms with E-state index in [1.165, 1.54) is 0 Å². The Morgan fingerprint density at radius 2 is 1.83 bits per heavy atom. The van der Waals surface area contributed by atoms with Gasteiger partial charge in [0.25, 0.3) is 5.91 Å². The highest BCUT2D eigenvalue weighted by atomic mass is 16.2. The molecule has 2 saturated heterocycles. The second-order valence-corrected chi connectivity index (χ2v) is 8.20. The maximum atomic E-state index is 13.4. The third-order valence-electron chi connectivity index (χ3n) is 6.47. The molecule has 2 aliphatic rings. The van der Waals surface area contributed by atoms with Crippen LogP contribution in [-0.4, -0.2) is 50.9 Å². The molecule has 4 heterocycles. The summed E-state index contributed by atoms with van der Waals surface area (Å²) in [6.07, 6.45) is 3.54. The molecule has 0 radical (unpaired) electrons. The van der Waals surface area contributed by atoms with Crippen LogP contribution in [0.25, 0.3) is 5.52 Å². The monoisotopic (exact) mass is 388 g/mol. The summed E-state index contributed by atoms with van der Waals surface area (Å²) in [7, 11) is 0. The van der Waals surface area contributed by atoms with E-state index >= 15 is 0 Å². The van der Waals surface area contributed by atoms with Gasteiger partial charge in [-0.25, -0.2) is 4.52 Å². The molecule has 1 aromatic carbocycles. The lowest BCUT2D eigenvalue weighted by Gasteiger charge is -2.29. The van der Waals surface area contributed by atoms with E-state index in [-0.39, 0.29) is 23.8 Å². The SMILES string of the molecule is CC(=O)N1C[C@H]2CN(C(=O)c3cnn4cccc(C)c34)C[C@H]2[C@@H]1c1ccccc1. The Kier molecular flexibility index (Phi) is 4.15. The number of hydrogen-bond acceptors (Lipinski definition) is 3. The Labute approximate surface area is 169 Å². The second-order valence-electron chi connectivity index (χ2n) is 8.20. The van der Waals surface area contributed by atoms with E-state index in [9.17, 15) is 9.59 Å². The predicted octanol–water partition coefficient (Wildman–Crippen LogP) is 2.93. The molecule has 148 valence electrons. The molecule has 0 aliphatic carbocycles. The van der Waals surface area contributed by atoms with Gasteiger partial charge in [0, 0.05) is 44.6 Å². The Morgan fingerprint density at radius 1 is 1.03 bits per heavy atom. The van der Waals surface area contributed by atoms with Gasteiger partial charge >= 0.3 is 0 Å². The van der Waals surface area contributed by atoms with Gasteiger partial charge in [0.15, 0.2) is 0 Å². The minimum atomic E-state index is 0.0298. The Morgan fingerprint density at radius 3 is 2.59 bits per heavy atom. The van der Waals surface area contributed by atoms with E-state index in [1.54, 1.807) is 17.6 Å². The molecule has 6 nitrogen and oxygen atoms in total. The van der Waals surface area contributed by atoms with Crippen molar-refractivity contribution in [1.29, 1.82) is 0 Å². The van der Waals surface area contributed by atoms with Crippen molar-refractivity contribution in [2.75, 3.05) is 19.6 Å². The van der Waals surface area contributed by atoms with Crippen LogP contribution in [0.15, 0.2) is 54.9 Å². The number of hydrogen-bond donors (Lipinski definition) is 0. The van der Waals surface area contributed by atoms with Gasteiger partial charge in [-0.2, -0.15) is 5.10 Å². The third-order valence-corrected chi connectivity index (χ3v) is 6.47. The number of pyridine rings is 1. The van der Waals surface area contributed by atoms with Gasteiger partial charge in [0.05, 0.1) is 23.3 Å². The fourth-order valence-corrected chi connectivity index (χ4v) is 5.16. The molecule has 2 amide bonds. The van der Waals surface area contributed by atoms with E-state index in [0.717, 1.165) is 16.6 Å². The number of benzene rings is 1. The number of likely N-dealkylation sites (tertiary alicyclic amines) is 2. The van der Waals surface area contributed by atoms with Crippen molar-refractivity contribution in [3.63, 3.8) is 0 Å². The fourth-order valence-electron chi connectivity index (χ4n) is 5.16. The first-order valence-electron chi connectivity index (χ1n) is 10.1. The molecule has 2 aliphatic heterocycles. The molecule has 3 aromatic rings. The molecule has 0 N–H and O–H groups in total. The first-order chi connectivity index (χ1) is 14.0. The lowest BCUT2D eigenvalue weighted by Crippen LogP contribution is -2.36. The lowest BCUT2D eigenvalue weighted by atomic mass is 9.89. The standard InChI is InChI=1S/C23H24N4O2/c1-15-7-6-10-27-21(15)19(11-24-27)23(29)25-12-18-13-26(16(2)28)22(20(18)14-25)17-8-4-3-5-9-17/h3-11,18,20,22H,12-14H2,1-2H3/t18-,20-,22+/m1/s1. The number of rotatable bonds is 2. The van der Waals surface area contributed by atoms with E-state index in [0.29, 0.717) is 31.1 Å². The van der Waals surface area contributed by atoms with Crippen molar-refractivity contribution in [3.05, 3.63) is 71.5 Å². The van der Waals surface area contributed by atoms with Crippen molar-refractivity contribution < 1.29 is 9.59 Å². The number of fused-ring (bicyclic) bond motifs is 2. The molecule has 5 rings (SSSR count). The number of aryl methyl sites for hydroxylation is 1. The van der Waals surface area contributed by atoms with Gasteiger partial charge in [-0.3, -0.25) is 9.59 Å². The van der Waals surface area contributed by atoms with Crippen LogP contribution in [0, 0.1) is 18.8 Å². The Balaban J connectivity index is 1.45. The largest absolute Gasteiger partial charge is 0.338 e. The zero-order chi connectivity index (χ0) is 20.1. The highest BCUT2D eigenvalue weighted by Crippen LogP contribution is 2.45. The first kappa shape index (κ1) is 17.9. The third kappa shape index (κ3) is 2.82. The molecule has 2 aromatic heterocycles. The van der Waals surface area contributed by atoms with Crippen LogP contribution in [-0.2, 0) is 4.79 Å². The van der Waals surface area contributed by atoms with Crippen LogP contribution in [0.4, 0.5) is 0 Å². The molecule has 29 heavy (non-hydrogen) atoms. The summed E-state index contributed by atoms with van der Waals surface area (Å²) in [6.45, 7) is 5.69. The van der Waals surface area contributed by atoms with E-state index in [1.807, 2.05) is 53.3 Å². The van der Waals surface area contributed by atoms with Gasteiger partial charge in [-0.1, -0.05) is 36.4 Å². The normalized spacial score (nSPS) is 23.6. The maximum Gasteiger partial charge on any atom is 0.257 e. The van der Waals surface area contributed by atoms with Crippen molar-refractivity contribution in [3.8, 4) is 0 Å². The fraction of sp³-hybridized carbons (Fsp3) is 0.348. The minimum absolute atomic E-state index is 0.0298. The molecule has 3 atom stereocenters. The highest BCUT2D eigenvalue weighted by molar-refractivity contribution is 6.01. The zero-order valence-electron chi connectivity index (χ0n) is 16.7. The topological polar surface area (TPSA) is 57.9 Å². The number of carbonyl (C=O) groups excluding carboxylic acids is 2. The Hall–Kier alpha value is -3.15. The molecule has 0 bridgehead atoms. The lowest BCUT2D eigenvalue weighted by molar-refractivity contribution is -0.130. The van der Waals surface area contributed by atoms with E-state index < -0.39 is 0 Å². The van der Waals surface area contributed by atoms with Crippen molar-refractivity contribution >= 4 is 17.3 Å². The maximum absolute atomic E-state index is 13.4. The molecular weight excluding hydrogens is 364 g/mol. The van der Waals surface area contributed by atoms with Crippen LogP contribution >= 0.6 is 0 Å². The molecule has 6 heteroatoms. The molecular formula is C23H24N4O2. The molecule has 0 saturated carbocycles. The second kappa shape index (κ2) is 6.72. The van der Waals surface area contributed by atoms with Crippen LogP contribution in [0.3, 0.4) is 0 Å². The summed E-state index contributed by atoms with van der Waals surface area (Å²) >= 11 is 0. The van der Waals surface area contributed by atoms with Crippen LogP contribution in [0.1, 0.15) is 34.5 Å². The molecule has 2 fully saturated rings. The first-order valence-corrected chi connectivity index (χ1v) is 10.1. The summed E-state index contributed by atoms with van der Waals surface area (Å²) in [5, 5.41) is 4.36. The number of carbonyl (C=O) groups is 2. The number of aromatic nitrogens is 2. The number of amides is 2. The van der Waals surface area contributed by atoms with Gasteiger partial charge in [-0.15, -0.1) is 0 Å². The van der Waals surface area contributed by atoms with E-state index in [4.69, 9.17) is 0 Å². The summed E-state index contributed by atoms with van der Waals surface area (Å²) in [6, 6.07) is 14.2. The molecule has 0 spiro atoms. The number of nitrogens with zero attached hydrogens (tertiary/aromatic N) is 4. The van der Waals surface area contributed by atoms with Crippen LogP contribution in [0.5, 0.6) is 0 Å². The van der Waals surface area contributed by atoms with Gasteiger partial charge < -0.3 is 9.80 Å². The van der Waals surface area contributed by atoms with Crippen molar-refractivity contribution in [2.45, 2.75) is 19.9 Å². The van der Waals surface area contributed by atoms with Crippen LogP contribution < -0.4 is 0 Å². The average Bonchev–Trinajstić information content (AvgIpc) is 3.41. The predicted molar refractivity (Wildman–Crippen MR) is 109 cm³/mol. The quantitative estimate of drug-likeness (QED) is 0.678. The van der Waals surface area contributed by atoms with Crippen molar-refractivity contribution in [2.24, 2.45) is 11.8 Å².